The average Bonchev–Trinajstić information content (AvgIpc) is 1.60. The van der Waals surface area contributed by atoms with Gasteiger partial charge in [0.05, 0.1) is 11.0 Å². The van der Waals surface area contributed by atoms with Crippen LogP contribution in [-0.4, -0.2) is 11.4 Å². The first-order chi connectivity index (χ1) is 38.8. The van der Waals surface area contributed by atoms with Crippen LogP contribution in [0.15, 0.2) is 140 Å². The van der Waals surface area contributed by atoms with Gasteiger partial charge in [0.1, 0.15) is 0 Å². The lowest BCUT2D eigenvalue weighted by atomic mass is 9.42. The highest BCUT2D eigenvalue weighted by Crippen LogP contribution is 2.61. The van der Waals surface area contributed by atoms with Crippen LogP contribution in [0.2, 0.25) is 0 Å². The van der Waals surface area contributed by atoms with Gasteiger partial charge >= 0.3 is 6.85 Å². The molecule has 2 aliphatic heterocycles. The molecule has 3 nitrogen and oxygen atoms in total. The second kappa shape index (κ2) is 17.2. The molecule has 14 rings (SSSR count). The van der Waals surface area contributed by atoms with E-state index in [1.165, 1.54) is 122 Å². The first-order valence-corrected chi connectivity index (χ1v) is 31.4. The standard InChI is InChI=1S/C79H88BN3/c1-72(2,3)47-24-30-50(31-25-47)81(51-32-26-48(27-33-51)73(4,5)6)53-36-37-55-63(42-53)82-65-46-61-59(76(12,13)39-41-78(61,16)17)44-62(65)80-70-67(66-54-22-20-21-23-57(54)79(18,19)69(66)68(55)71(70)82)56-43-58-60(77(14,15)40-38-75(58,10)11)45-64(56)83(80)52-34-28-49(29-35-52)74(7,8)9/h20-37,42-46H,38-41H2,1-19H3. The third-order valence-corrected chi connectivity index (χ3v) is 21.5. The molecule has 3 heterocycles. The Bertz CT molecular complexity index is 4150. The van der Waals surface area contributed by atoms with Crippen LogP contribution in [0.4, 0.5) is 28.4 Å². The third kappa shape index (κ3) is 7.81. The van der Waals surface area contributed by atoms with Gasteiger partial charge in [0.2, 0.25) is 0 Å². The van der Waals surface area contributed by atoms with Crippen LogP contribution >= 0.6 is 0 Å². The van der Waals surface area contributed by atoms with E-state index in [0.29, 0.717) is 0 Å². The Balaban J connectivity index is 1.18. The molecule has 5 aliphatic rings. The number of hydrogen-bond donors (Lipinski definition) is 0. The number of benzene rings is 8. The van der Waals surface area contributed by atoms with Gasteiger partial charge in [-0.2, -0.15) is 0 Å². The molecule has 0 spiro atoms. The van der Waals surface area contributed by atoms with Crippen molar-refractivity contribution in [3.63, 3.8) is 0 Å². The summed E-state index contributed by atoms with van der Waals surface area (Å²) in [6.45, 7) is 45.9. The van der Waals surface area contributed by atoms with E-state index in [2.05, 4.69) is 285 Å². The molecule has 1 aromatic heterocycles. The Morgan fingerprint density at radius 1 is 0.434 bits per heavy atom. The fraction of sp³-hybridized carbons (Fsp3) is 0.392. The number of aromatic nitrogens is 1. The van der Waals surface area contributed by atoms with E-state index in [4.69, 9.17) is 0 Å². The lowest BCUT2D eigenvalue weighted by Gasteiger charge is -2.48. The van der Waals surface area contributed by atoms with Crippen LogP contribution in [0.3, 0.4) is 0 Å². The predicted octanol–water partition coefficient (Wildman–Crippen LogP) is 20.4. The van der Waals surface area contributed by atoms with Crippen LogP contribution in [0.25, 0.3) is 49.7 Å². The number of nitrogens with zero attached hydrogens (tertiary/aromatic N) is 3. The van der Waals surface area contributed by atoms with Crippen molar-refractivity contribution in [2.24, 2.45) is 0 Å². The fourth-order valence-electron chi connectivity index (χ4n) is 16.2. The lowest BCUT2D eigenvalue weighted by molar-refractivity contribution is 0.332. The summed E-state index contributed by atoms with van der Waals surface area (Å²) < 4.78 is 2.80. The van der Waals surface area contributed by atoms with Crippen molar-refractivity contribution in [3.8, 4) is 27.9 Å². The molecule has 0 N–H and O–H groups in total. The van der Waals surface area contributed by atoms with Gasteiger partial charge in [0, 0.05) is 55.9 Å². The molecule has 3 aliphatic carbocycles. The van der Waals surface area contributed by atoms with Gasteiger partial charge in [-0.25, -0.2) is 0 Å². The molecule has 0 bridgehead atoms. The van der Waals surface area contributed by atoms with E-state index in [1.807, 2.05) is 0 Å². The number of anilines is 5. The molecule has 422 valence electrons. The highest BCUT2D eigenvalue weighted by Gasteiger charge is 2.52. The predicted molar refractivity (Wildman–Crippen MR) is 359 cm³/mol. The highest BCUT2D eigenvalue weighted by molar-refractivity contribution is 6.94. The molecule has 83 heavy (non-hydrogen) atoms. The molecule has 0 unspecified atom stereocenters. The van der Waals surface area contributed by atoms with Crippen molar-refractivity contribution in [1.82, 2.24) is 4.57 Å². The topological polar surface area (TPSA) is 11.4 Å². The van der Waals surface area contributed by atoms with E-state index in [1.54, 1.807) is 0 Å². The van der Waals surface area contributed by atoms with Crippen molar-refractivity contribution in [2.75, 3.05) is 9.71 Å². The van der Waals surface area contributed by atoms with Gasteiger partial charge in [-0.3, -0.25) is 0 Å². The van der Waals surface area contributed by atoms with Crippen molar-refractivity contribution >= 4 is 68.0 Å². The molecule has 8 aromatic carbocycles. The Morgan fingerprint density at radius 3 is 1.41 bits per heavy atom. The molecule has 0 radical (unpaired) electrons. The zero-order chi connectivity index (χ0) is 58.8. The normalized spacial score (nSPS) is 18.3. The number of hydrogen-bond acceptors (Lipinski definition) is 2. The fourth-order valence-corrected chi connectivity index (χ4v) is 16.2. The van der Waals surface area contributed by atoms with Gasteiger partial charge in [0.25, 0.3) is 0 Å². The maximum absolute atomic E-state index is 2.84. The molecule has 0 fully saturated rings. The maximum Gasteiger partial charge on any atom is 0.333 e. The van der Waals surface area contributed by atoms with E-state index >= 15 is 0 Å². The second-order valence-electron chi connectivity index (χ2n) is 32.4. The second-order valence-corrected chi connectivity index (χ2v) is 32.4. The van der Waals surface area contributed by atoms with E-state index in [9.17, 15) is 0 Å². The van der Waals surface area contributed by atoms with Gasteiger partial charge < -0.3 is 14.3 Å². The Kier molecular flexibility index (Phi) is 11.2. The molecule has 4 heteroatoms. The molecular weight excluding hydrogens is 1000 g/mol. The minimum atomic E-state index is -0.290. The van der Waals surface area contributed by atoms with Crippen LogP contribution in [0, 0.1) is 0 Å². The highest BCUT2D eigenvalue weighted by atomic mass is 15.1. The average molecular weight is 1090 g/mol. The third-order valence-electron chi connectivity index (χ3n) is 21.5. The molecule has 9 aromatic rings. The smallest absolute Gasteiger partial charge is 0.333 e. The van der Waals surface area contributed by atoms with Crippen molar-refractivity contribution in [2.45, 2.75) is 201 Å². The summed E-state index contributed by atoms with van der Waals surface area (Å²) in [6, 6.07) is 56.4. The van der Waals surface area contributed by atoms with Crippen molar-refractivity contribution in [1.29, 1.82) is 0 Å². The number of rotatable bonds is 4. The summed E-state index contributed by atoms with van der Waals surface area (Å²) in [4.78, 5) is 5.35. The van der Waals surface area contributed by atoms with E-state index in [-0.39, 0.29) is 50.2 Å². The largest absolute Gasteiger partial charge is 0.376 e. The van der Waals surface area contributed by atoms with Gasteiger partial charge in [-0.1, -0.05) is 204 Å². The summed E-state index contributed by atoms with van der Waals surface area (Å²) >= 11 is 0. The maximum atomic E-state index is 2.84. The number of fused-ring (bicyclic) bond motifs is 15. The van der Waals surface area contributed by atoms with Crippen LogP contribution in [0.1, 0.15) is 207 Å². The first-order valence-electron chi connectivity index (χ1n) is 31.4. The minimum Gasteiger partial charge on any atom is -0.376 e. The van der Waals surface area contributed by atoms with Crippen molar-refractivity contribution < 1.29 is 0 Å². The van der Waals surface area contributed by atoms with E-state index < -0.39 is 0 Å². The molecular formula is C79H88BN3. The SMILES string of the molecule is CC(C)(C)c1ccc(N2B3c4cc5c(cc4-n4c6cc(N(c7ccc(C(C)(C)C)cc7)c7ccc(C(C)(C)C)cc7)ccc6c6c7c(c(c3c64)-c3cc4c(cc32)C(C)(C)CCC4(C)C)-c2ccccc2C7(C)C)C(C)(C)CCC5(C)C)cc1. The van der Waals surface area contributed by atoms with Crippen LogP contribution in [0.5, 0.6) is 0 Å². The van der Waals surface area contributed by atoms with Gasteiger partial charge in [-0.15, -0.1) is 0 Å². The molecule has 0 saturated heterocycles. The summed E-state index contributed by atoms with van der Waals surface area (Å²) in [6.07, 6.45) is 4.62. The molecule has 0 amide bonds. The Hall–Kier alpha value is -6.78. The van der Waals surface area contributed by atoms with Gasteiger partial charge in [-0.05, 0) is 208 Å². The van der Waals surface area contributed by atoms with Crippen LogP contribution < -0.4 is 20.6 Å². The summed E-state index contributed by atoms with van der Waals surface area (Å²) in [5.74, 6) is 0. The summed E-state index contributed by atoms with van der Waals surface area (Å²) in [5, 5.41) is 2.72. The lowest BCUT2D eigenvalue weighted by Crippen LogP contribution is -2.61. The zero-order valence-electron chi connectivity index (χ0n) is 53.5. The first kappa shape index (κ1) is 54.2. The Labute approximate surface area is 497 Å². The monoisotopic (exact) mass is 1090 g/mol. The molecule has 0 atom stereocenters. The molecule has 0 saturated carbocycles. The summed E-state index contributed by atoms with van der Waals surface area (Å²) in [7, 11) is 0. The Morgan fingerprint density at radius 2 is 0.892 bits per heavy atom. The zero-order valence-corrected chi connectivity index (χ0v) is 53.5. The minimum absolute atomic E-state index is 0.00282. The van der Waals surface area contributed by atoms with Crippen LogP contribution in [-0.2, 0) is 43.3 Å². The van der Waals surface area contributed by atoms with Gasteiger partial charge in [0.15, 0.2) is 0 Å². The van der Waals surface area contributed by atoms with E-state index in [0.717, 1.165) is 42.7 Å². The summed E-state index contributed by atoms with van der Waals surface area (Å²) in [5.41, 5.74) is 31.2. The quantitative estimate of drug-likeness (QED) is 0.163. The van der Waals surface area contributed by atoms with Crippen molar-refractivity contribution in [3.05, 3.63) is 190 Å².